The Bertz CT molecular complexity index is 495. The lowest BCUT2D eigenvalue weighted by molar-refractivity contribution is 0.743. The molecule has 0 aliphatic rings. The van der Waals surface area contributed by atoms with Crippen LogP contribution < -0.4 is 5.32 Å². The fourth-order valence-electron chi connectivity index (χ4n) is 1.32. The minimum Gasteiger partial charge on any atom is -0.307 e. The van der Waals surface area contributed by atoms with Gasteiger partial charge in [0.05, 0.1) is 11.4 Å². The molecule has 2 rings (SSSR count). The monoisotopic (exact) mass is 309 g/mol. The number of hydrogen-bond acceptors (Lipinski definition) is 4. The summed E-state index contributed by atoms with van der Waals surface area (Å²) in [6.07, 6.45) is 1.78. The first-order valence-corrected chi connectivity index (χ1v) is 6.83. The second-order valence-electron chi connectivity index (χ2n) is 3.48. The predicted octanol–water partition coefficient (Wildman–Crippen LogP) is 3.20. The first kappa shape index (κ1) is 12.4. The van der Waals surface area contributed by atoms with Gasteiger partial charge in [0.1, 0.15) is 5.01 Å². The van der Waals surface area contributed by atoms with Crippen LogP contribution in [-0.2, 0) is 6.54 Å². The summed E-state index contributed by atoms with van der Waals surface area (Å²) in [7, 11) is 0. The zero-order valence-corrected chi connectivity index (χ0v) is 11.6. The van der Waals surface area contributed by atoms with Gasteiger partial charge in [-0.3, -0.25) is 4.98 Å². The third-order valence-electron chi connectivity index (χ3n) is 2.06. The molecule has 0 saturated carbocycles. The molecule has 0 saturated heterocycles. The molecular weight excluding hydrogens is 298 g/mol. The van der Waals surface area contributed by atoms with E-state index in [0.29, 0.717) is 0 Å². The van der Waals surface area contributed by atoms with E-state index in [1.165, 1.54) is 0 Å². The first-order valence-electron chi connectivity index (χ1n) is 5.15. The van der Waals surface area contributed by atoms with Crippen molar-refractivity contribution >= 4 is 27.3 Å². The van der Waals surface area contributed by atoms with Crippen molar-refractivity contribution in [1.29, 1.82) is 0 Å². The molecule has 0 radical (unpaired) electrons. The Morgan fingerprint density at radius 1 is 1.47 bits per heavy atom. The van der Waals surface area contributed by atoms with Crippen LogP contribution in [0, 0.1) is 0 Å². The highest BCUT2D eigenvalue weighted by Gasteiger charge is 2.04. The van der Waals surface area contributed by atoms with E-state index in [1.807, 2.05) is 23.6 Å². The zero-order valence-electron chi connectivity index (χ0n) is 9.19. The Balaban J connectivity index is 1.99. The maximum absolute atomic E-state index is 4.53. The highest BCUT2D eigenvalue weighted by molar-refractivity contribution is 9.11. The Labute approximate surface area is 113 Å². The highest BCUT2D eigenvalue weighted by atomic mass is 79.9. The van der Waals surface area contributed by atoms with E-state index >= 15 is 0 Å². The second-order valence-corrected chi connectivity index (χ2v) is 5.46. The van der Waals surface area contributed by atoms with Crippen LogP contribution >= 0.6 is 27.3 Å². The van der Waals surface area contributed by atoms with Crippen LogP contribution in [0.25, 0.3) is 10.7 Å². The number of hydrogen-bond donors (Lipinski definition) is 1. The molecule has 0 aliphatic heterocycles. The molecule has 17 heavy (non-hydrogen) atoms. The largest absolute Gasteiger partial charge is 0.307 e. The fraction of sp³-hybridized carbons (Fsp3) is 0.167. The number of thiazole rings is 1. The van der Waals surface area contributed by atoms with E-state index in [2.05, 4.69) is 37.8 Å². The van der Waals surface area contributed by atoms with E-state index in [4.69, 9.17) is 0 Å². The zero-order chi connectivity index (χ0) is 12.1. The molecule has 0 aromatic carbocycles. The Kier molecular flexibility index (Phi) is 4.42. The molecule has 0 amide bonds. The van der Waals surface area contributed by atoms with Crippen molar-refractivity contribution in [1.82, 2.24) is 15.3 Å². The van der Waals surface area contributed by atoms with Gasteiger partial charge in [0.25, 0.3) is 0 Å². The van der Waals surface area contributed by atoms with E-state index in [-0.39, 0.29) is 0 Å². The molecule has 0 fully saturated rings. The van der Waals surface area contributed by atoms with Crippen LogP contribution in [0.15, 0.2) is 40.8 Å². The fourth-order valence-corrected chi connectivity index (χ4v) is 2.31. The maximum Gasteiger partial charge on any atom is 0.142 e. The summed E-state index contributed by atoms with van der Waals surface area (Å²) in [6, 6.07) is 5.84. The van der Waals surface area contributed by atoms with Gasteiger partial charge in [-0.2, -0.15) is 0 Å². The summed E-state index contributed by atoms with van der Waals surface area (Å²) in [4.78, 5) is 8.80. The Morgan fingerprint density at radius 3 is 3.06 bits per heavy atom. The van der Waals surface area contributed by atoms with Crippen LogP contribution in [-0.4, -0.2) is 16.5 Å². The number of halogens is 1. The molecule has 88 valence electrons. The lowest BCUT2D eigenvalue weighted by atomic mass is 10.3. The van der Waals surface area contributed by atoms with Crippen LogP contribution in [0.3, 0.4) is 0 Å². The van der Waals surface area contributed by atoms with Crippen LogP contribution in [0.4, 0.5) is 0 Å². The number of rotatable bonds is 5. The van der Waals surface area contributed by atoms with Gasteiger partial charge < -0.3 is 5.32 Å². The number of nitrogens with one attached hydrogen (secondary N) is 1. The standard InChI is InChI=1S/C12H12BrN3S/c1-9(13)6-14-7-10-8-17-12(16-10)11-4-2-3-5-15-11/h2-5,8,14H,1,6-7H2. The Morgan fingerprint density at radius 2 is 2.35 bits per heavy atom. The topological polar surface area (TPSA) is 37.8 Å². The van der Waals surface area contributed by atoms with E-state index < -0.39 is 0 Å². The quantitative estimate of drug-likeness (QED) is 0.921. The number of aromatic nitrogens is 2. The van der Waals surface area contributed by atoms with Gasteiger partial charge in [0.15, 0.2) is 0 Å². The van der Waals surface area contributed by atoms with Gasteiger partial charge >= 0.3 is 0 Å². The highest BCUT2D eigenvalue weighted by Crippen LogP contribution is 2.21. The van der Waals surface area contributed by atoms with Gasteiger partial charge in [-0.1, -0.05) is 28.6 Å². The van der Waals surface area contributed by atoms with Gasteiger partial charge in [0.2, 0.25) is 0 Å². The number of pyridine rings is 1. The normalized spacial score (nSPS) is 10.4. The molecule has 2 aromatic heterocycles. The summed E-state index contributed by atoms with van der Waals surface area (Å²) in [5.74, 6) is 0. The molecular formula is C12H12BrN3S. The van der Waals surface area contributed by atoms with Crippen molar-refractivity contribution in [2.45, 2.75) is 6.54 Å². The van der Waals surface area contributed by atoms with Crippen LogP contribution in [0.1, 0.15) is 5.69 Å². The third-order valence-corrected chi connectivity index (χ3v) is 3.25. The average Bonchev–Trinajstić information content (AvgIpc) is 2.78. The van der Waals surface area contributed by atoms with Gasteiger partial charge in [-0.15, -0.1) is 11.3 Å². The molecule has 3 nitrogen and oxygen atoms in total. The minimum atomic E-state index is 0.744. The molecule has 0 bridgehead atoms. The van der Waals surface area contributed by atoms with Crippen molar-refractivity contribution in [2.75, 3.05) is 6.54 Å². The summed E-state index contributed by atoms with van der Waals surface area (Å²) in [6.45, 7) is 5.26. The van der Waals surface area contributed by atoms with E-state index in [9.17, 15) is 0 Å². The molecule has 0 unspecified atom stereocenters. The third kappa shape index (κ3) is 3.73. The van der Waals surface area contributed by atoms with Crippen molar-refractivity contribution in [3.8, 4) is 10.7 Å². The summed E-state index contributed by atoms with van der Waals surface area (Å²) >= 11 is 4.92. The molecule has 2 aromatic rings. The van der Waals surface area contributed by atoms with E-state index in [0.717, 1.165) is 34.0 Å². The SMILES string of the molecule is C=C(Br)CNCc1csc(-c2ccccn2)n1. The second kappa shape index (κ2) is 6.05. The first-order chi connectivity index (χ1) is 8.25. The predicted molar refractivity (Wildman–Crippen MR) is 75.1 cm³/mol. The van der Waals surface area contributed by atoms with Gasteiger partial charge in [-0.25, -0.2) is 4.98 Å². The van der Waals surface area contributed by atoms with Crippen molar-refractivity contribution < 1.29 is 0 Å². The molecule has 5 heteroatoms. The van der Waals surface area contributed by atoms with Crippen molar-refractivity contribution in [3.05, 3.63) is 46.5 Å². The molecule has 0 spiro atoms. The molecule has 2 heterocycles. The number of nitrogens with zero attached hydrogens (tertiary/aromatic N) is 2. The maximum atomic E-state index is 4.53. The van der Waals surface area contributed by atoms with Crippen molar-refractivity contribution in [2.24, 2.45) is 0 Å². The van der Waals surface area contributed by atoms with Gasteiger partial charge in [-0.05, 0) is 12.1 Å². The molecule has 0 atom stereocenters. The van der Waals surface area contributed by atoms with Crippen LogP contribution in [0.2, 0.25) is 0 Å². The summed E-state index contributed by atoms with van der Waals surface area (Å²) < 4.78 is 0.942. The summed E-state index contributed by atoms with van der Waals surface area (Å²) in [5, 5.41) is 6.25. The molecule has 1 N–H and O–H groups in total. The molecule has 0 aliphatic carbocycles. The Hall–Kier alpha value is -1.04. The lowest BCUT2D eigenvalue weighted by Crippen LogP contribution is -2.14. The van der Waals surface area contributed by atoms with Crippen LogP contribution in [0.5, 0.6) is 0 Å². The lowest BCUT2D eigenvalue weighted by Gasteiger charge is -1.99. The van der Waals surface area contributed by atoms with Crippen molar-refractivity contribution in [3.63, 3.8) is 0 Å². The average molecular weight is 310 g/mol. The summed E-state index contributed by atoms with van der Waals surface area (Å²) in [5.41, 5.74) is 1.96. The smallest absolute Gasteiger partial charge is 0.142 e. The van der Waals surface area contributed by atoms with Gasteiger partial charge in [0, 0.05) is 29.1 Å². The van der Waals surface area contributed by atoms with E-state index in [1.54, 1.807) is 17.5 Å². The minimum absolute atomic E-state index is 0.744.